The van der Waals surface area contributed by atoms with Crippen molar-refractivity contribution in [1.29, 1.82) is 5.26 Å². The van der Waals surface area contributed by atoms with E-state index >= 15 is 0 Å². The molecule has 2 nitrogen and oxygen atoms in total. The fourth-order valence-corrected chi connectivity index (χ4v) is 0.772. The summed E-state index contributed by atoms with van der Waals surface area (Å²) >= 11 is 4.78. The summed E-state index contributed by atoms with van der Waals surface area (Å²) < 4.78 is 0. The predicted molar refractivity (Wildman–Crippen MR) is 50.2 cm³/mol. The smallest absolute Gasteiger partial charge is 0.181 e. The highest BCUT2D eigenvalue weighted by Gasteiger charge is 2.02. The van der Waals surface area contributed by atoms with E-state index in [1.807, 2.05) is 6.07 Å². The summed E-state index contributed by atoms with van der Waals surface area (Å²) in [6.07, 6.45) is 3.40. The molecule has 0 saturated heterocycles. The summed E-state index contributed by atoms with van der Waals surface area (Å²) in [7, 11) is 0. The lowest BCUT2D eigenvalue weighted by molar-refractivity contribution is 0.527. The standard InChI is InChI=1S/C8H10N2S/c1-3-5-10(6-4-2)8(11)7-9/h3-4H,1-2,5-6H2. The van der Waals surface area contributed by atoms with Gasteiger partial charge in [-0.05, 0) is 12.2 Å². The van der Waals surface area contributed by atoms with E-state index in [0.717, 1.165) is 0 Å². The van der Waals surface area contributed by atoms with Crippen LogP contribution in [0.2, 0.25) is 0 Å². The van der Waals surface area contributed by atoms with Gasteiger partial charge in [0, 0.05) is 13.1 Å². The van der Waals surface area contributed by atoms with Gasteiger partial charge in [0.1, 0.15) is 6.07 Å². The van der Waals surface area contributed by atoms with Crippen LogP contribution in [-0.4, -0.2) is 23.0 Å². The molecule has 0 amide bonds. The van der Waals surface area contributed by atoms with E-state index < -0.39 is 0 Å². The van der Waals surface area contributed by atoms with Crippen LogP contribution in [0, 0.1) is 11.3 Å². The molecule has 0 aliphatic heterocycles. The average molecular weight is 166 g/mol. The van der Waals surface area contributed by atoms with Crippen LogP contribution in [0.3, 0.4) is 0 Å². The monoisotopic (exact) mass is 166 g/mol. The average Bonchev–Trinajstić information content (AvgIpc) is 2.03. The Bertz CT molecular complexity index is 193. The van der Waals surface area contributed by atoms with Gasteiger partial charge >= 0.3 is 0 Å². The molecule has 0 aliphatic rings. The van der Waals surface area contributed by atoms with Crippen molar-refractivity contribution in [2.75, 3.05) is 13.1 Å². The summed E-state index contributed by atoms with van der Waals surface area (Å²) in [5.41, 5.74) is 0. The number of rotatable bonds is 4. The largest absolute Gasteiger partial charge is 0.347 e. The third-order valence-corrected chi connectivity index (χ3v) is 1.43. The van der Waals surface area contributed by atoms with E-state index in [1.165, 1.54) is 0 Å². The second-order valence-corrected chi connectivity index (χ2v) is 2.29. The zero-order valence-electron chi connectivity index (χ0n) is 6.29. The van der Waals surface area contributed by atoms with Crippen LogP contribution >= 0.6 is 12.2 Å². The van der Waals surface area contributed by atoms with Gasteiger partial charge < -0.3 is 4.90 Å². The maximum atomic E-state index is 8.46. The SMILES string of the molecule is C=CCN(CC=C)C(=S)C#N. The van der Waals surface area contributed by atoms with E-state index in [0.29, 0.717) is 13.1 Å². The van der Waals surface area contributed by atoms with Crippen molar-refractivity contribution in [2.24, 2.45) is 0 Å². The third kappa shape index (κ3) is 3.54. The van der Waals surface area contributed by atoms with E-state index in [-0.39, 0.29) is 4.99 Å². The molecule has 0 heterocycles. The Morgan fingerprint density at radius 2 is 1.91 bits per heavy atom. The molecule has 0 aromatic carbocycles. The first-order valence-corrected chi connectivity index (χ1v) is 3.58. The molecule has 0 rings (SSSR count). The van der Waals surface area contributed by atoms with Gasteiger partial charge in [-0.25, -0.2) is 0 Å². The van der Waals surface area contributed by atoms with Crippen LogP contribution in [0.25, 0.3) is 0 Å². The van der Waals surface area contributed by atoms with Gasteiger partial charge in [-0.3, -0.25) is 0 Å². The first-order valence-electron chi connectivity index (χ1n) is 3.17. The van der Waals surface area contributed by atoms with E-state index in [1.54, 1.807) is 17.1 Å². The molecule has 0 atom stereocenters. The van der Waals surface area contributed by atoms with E-state index in [9.17, 15) is 0 Å². The summed E-state index contributed by atoms with van der Waals surface area (Å²) in [5.74, 6) is 0. The zero-order chi connectivity index (χ0) is 8.69. The number of nitrogens with zero attached hydrogens (tertiary/aromatic N) is 2. The number of nitriles is 1. The number of thiocarbonyl (C=S) groups is 1. The Hall–Kier alpha value is -1.14. The van der Waals surface area contributed by atoms with E-state index in [2.05, 4.69) is 13.2 Å². The van der Waals surface area contributed by atoms with Crippen LogP contribution in [0.5, 0.6) is 0 Å². The highest BCUT2D eigenvalue weighted by molar-refractivity contribution is 7.80. The van der Waals surface area contributed by atoms with Crippen molar-refractivity contribution in [2.45, 2.75) is 0 Å². The van der Waals surface area contributed by atoms with Crippen molar-refractivity contribution in [3.63, 3.8) is 0 Å². The summed E-state index contributed by atoms with van der Waals surface area (Å²) in [5, 5.41) is 8.46. The number of hydrogen-bond acceptors (Lipinski definition) is 2. The first kappa shape index (κ1) is 9.86. The van der Waals surface area contributed by atoms with Gasteiger partial charge in [-0.2, -0.15) is 5.26 Å². The van der Waals surface area contributed by atoms with Crippen LogP contribution in [0.4, 0.5) is 0 Å². The molecular weight excluding hydrogens is 156 g/mol. The molecule has 0 aromatic heterocycles. The molecule has 0 radical (unpaired) electrons. The molecule has 0 fully saturated rings. The molecule has 0 spiro atoms. The summed E-state index contributed by atoms with van der Waals surface area (Å²) in [4.78, 5) is 2.00. The van der Waals surface area contributed by atoms with Gasteiger partial charge in [0.2, 0.25) is 0 Å². The first-order chi connectivity index (χ1) is 5.26. The lowest BCUT2D eigenvalue weighted by Gasteiger charge is -2.16. The quantitative estimate of drug-likeness (QED) is 0.468. The van der Waals surface area contributed by atoms with E-state index in [4.69, 9.17) is 17.5 Å². The van der Waals surface area contributed by atoms with Crippen molar-refractivity contribution in [3.8, 4) is 6.07 Å². The summed E-state index contributed by atoms with van der Waals surface area (Å²) in [6, 6.07) is 1.90. The molecule has 11 heavy (non-hydrogen) atoms. The third-order valence-electron chi connectivity index (χ3n) is 1.08. The molecule has 0 unspecified atom stereocenters. The minimum Gasteiger partial charge on any atom is -0.347 e. The minimum atomic E-state index is 0.282. The lowest BCUT2D eigenvalue weighted by Crippen LogP contribution is -2.28. The van der Waals surface area contributed by atoms with Gasteiger partial charge in [0.25, 0.3) is 0 Å². The van der Waals surface area contributed by atoms with Crippen molar-refractivity contribution < 1.29 is 0 Å². The van der Waals surface area contributed by atoms with Crippen LogP contribution in [0.15, 0.2) is 25.3 Å². The Morgan fingerprint density at radius 3 is 2.18 bits per heavy atom. The fraction of sp³-hybridized carbons (Fsp3) is 0.250. The zero-order valence-corrected chi connectivity index (χ0v) is 7.10. The Balaban J connectivity index is 4.09. The molecule has 0 aromatic rings. The Labute approximate surface area is 72.4 Å². The fourth-order valence-electron chi connectivity index (χ4n) is 0.623. The molecule has 58 valence electrons. The normalized spacial score (nSPS) is 7.91. The second kappa shape index (κ2) is 5.63. The second-order valence-electron chi connectivity index (χ2n) is 1.90. The van der Waals surface area contributed by atoms with Crippen LogP contribution in [0.1, 0.15) is 0 Å². The van der Waals surface area contributed by atoms with Crippen LogP contribution in [-0.2, 0) is 0 Å². The van der Waals surface area contributed by atoms with Gasteiger partial charge in [0.05, 0.1) is 0 Å². The molecular formula is C8H10N2S. The Morgan fingerprint density at radius 1 is 1.45 bits per heavy atom. The highest BCUT2D eigenvalue weighted by atomic mass is 32.1. The molecule has 0 bridgehead atoms. The maximum Gasteiger partial charge on any atom is 0.181 e. The van der Waals surface area contributed by atoms with Crippen molar-refractivity contribution in [3.05, 3.63) is 25.3 Å². The number of hydrogen-bond donors (Lipinski definition) is 0. The molecule has 0 N–H and O–H groups in total. The lowest BCUT2D eigenvalue weighted by atomic mass is 10.4. The maximum absolute atomic E-state index is 8.46. The summed E-state index contributed by atoms with van der Waals surface area (Å²) in [6.45, 7) is 8.30. The van der Waals surface area contributed by atoms with Crippen molar-refractivity contribution >= 4 is 17.2 Å². The van der Waals surface area contributed by atoms with Gasteiger partial charge in [-0.1, -0.05) is 12.2 Å². The predicted octanol–water partition coefficient (Wildman–Crippen LogP) is 1.51. The highest BCUT2D eigenvalue weighted by Crippen LogP contribution is 1.91. The topological polar surface area (TPSA) is 27.0 Å². The van der Waals surface area contributed by atoms with Crippen LogP contribution < -0.4 is 0 Å². The Kier molecular flexibility index (Phi) is 5.05. The molecule has 3 heteroatoms. The molecule has 0 saturated carbocycles. The minimum absolute atomic E-state index is 0.282. The van der Waals surface area contributed by atoms with Gasteiger partial charge in [-0.15, -0.1) is 13.2 Å². The van der Waals surface area contributed by atoms with Gasteiger partial charge in [0.15, 0.2) is 4.99 Å². The van der Waals surface area contributed by atoms with Crippen molar-refractivity contribution in [1.82, 2.24) is 4.90 Å². The molecule has 0 aliphatic carbocycles.